The van der Waals surface area contributed by atoms with Gasteiger partial charge in [-0.05, 0) is 12.1 Å². The van der Waals surface area contributed by atoms with E-state index in [4.69, 9.17) is 4.55 Å². The van der Waals surface area contributed by atoms with Crippen LogP contribution in [0, 0.1) is 17.9 Å². The first-order valence-electron chi connectivity index (χ1n) is 8.45. The minimum absolute atomic E-state index is 0. The van der Waals surface area contributed by atoms with Gasteiger partial charge in [-0.3, -0.25) is 4.55 Å². The molecule has 0 spiro atoms. The minimum atomic E-state index is -6.57. The molecule has 0 unspecified atom stereocenters. The molecule has 0 bridgehead atoms. The predicted molar refractivity (Wildman–Crippen MR) is 103 cm³/mol. The molecule has 3 nitrogen and oxygen atoms in total. The largest absolute Gasteiger partial charge is 2.00 e. The van der Waals surface area contributed by atoms with Crippen molar-refractivity contribution in [3.05, 3.63) is 96.8 Å². The molecule has 182 valence electrons. The smallest absolute Gasteiger partial charge is 0.281 e. The van der Waals surface area contributed by atoms with Gasteiger partial charge in [0.1, 0.15) is 5.82 Å². The monoisotopic (exact) mass is 538 g/mol. The van der Waals surface area contributed by atoms with Crippen LogP contribution in [0.3, 0.4) is 0 Å². The van der Waals surface area contributed by atoms with Crippen molar-refractivity contribution in [2.24, 2.45) is 0 Å². The van der Waals surface area contributed by atoms with Crippen LogP contribution in [0.15, 0.2) is 78.9 Å². The second-order valence-electron chi connectivity index (χ2n) is 5.78. The van der Waals surface area contributed by atoms with E-state index >= 15 is 0 Å². The van der Waals surface area contributed by atoms with E-state index in [9.17, 15) is 39.2 Å². The molecule has 0 aliphatic heterocycles. The van der Waals surface area contributed by atoms with Crippen molar-refractivity contribution in [2.45, 2.75) is 17.6 Å². The summed E-state index contributed by atoms with van der Waals surface area (Å²) in [6, 6.07) is 29.6. The Morgan fingerprint density at radius 3 is 1.64 bits per heavy atom. The Kier molecular flexibility index (Phi) is 12.3. The van der Waals surface area contributed by atoms with E-state index in [1.807, 2.05) is 54.6 Å². The first-order chi connectivity index (χ1) is 14.8. The van der Waals surface area contributed by atoms with Gasteiger partial charge in [-0.2, -0.15) is 62.4 Å². The van der Waals surface area contributed by atoms with E-state index in [-0.39, 0.29) is 22.3 Å². The number of benzene rings is 3. The molecule has 12 heteroatoms. The normalized spacial score (nSPS) is 11.3. The zero-order chi connectivity index (χ0) is 24.4. The summed E-state index contributed by atoms with van der Waals surface area (Å²) in [6.45, 7) is 0. The molecule has 3 aromatic rings. The van der Waals surface area contributed by atoms with Gasteiger partial charge < -0.3 is 0 Å². The molecule has 33 heavy (non-hydrogen) atoms. The summed E-state index contributed by atoms with van der Waals surface area (Å²) in [5, 5.41) is -6.20. The molecule has 0 fully saturated rings. The van der Waals surface area contributed by atoms with Crippen LogP contribution in [0.1, 0.15) is 0 Å². The summed E-state index contributed by atoms with van der Waals surface area (Å²) in [4.78, 5) is 0. The summed E-state index contributed by atoms with van der Waals surface area (Å²) in [6.07, 6.45) is -4.90. The van der Waals surface area contributed by atoms with Crippen molar-refractivity contribution in [3.63, 3.8) is 0 Å². The van der Waals surface area contributed by atoms with Gasteiger partial charge >= 0.3 is 44.2 Å². The molecule has 3 rings (SSSR count). The van der Waals surface area contributed by atoms with E-state index in [1.54, 1.807) is 12.1 Å². The van der Waals surface area contributed by atoms with Crippen molar-refractivity contribution >= 4 is 10.1 Å². The molecule has 0 radical (unpaired) electrons. The quantitative estimate of drug-likeness (QED) is 0.188. The number of hydrogen-bond donors (Lipinski definition) is 1. The summed E-state index contributed by atoms with van der Waals surface area (Å²) >= 11 is 0. The van der Waals surface area contributed by atoms with Crippen molar-refractivity contribution in [1.29, 1.82) is 0 Å². The Hall–Kier alpha value is -2.43. The van der Waals surface area contributed by atoms with E-state index in [0.29, 0.717) is 0 Å². The van der Waals surface area contributed by atoms with Crippen molar-refractivity contribution in [2.75, 3.05) is 0 Å². The summed E-state index contributed by atoms with van der Waals surface area (Å²) in [7, 11) is -6.57. The Morgan fingerprint density at radius 1 is 0.818 bits per heavy atom. The van der Waals surface area contributed by atoms with Gasteiger partial charge in [0, 0.05) is 0 Å². The predicted octanol–water partition coefficient (Wildman–Crippen LogP) is 6.14. The fourth-order valence-electron chi connectivity index (χ4n) is 1.84. The van der Waals surface area contributed by atoms with Crippen LogP contribution in [-0.4, -0.2) is 30.6 Å². The Morgan fingerprint density at radius 2 is 1.33 bits per heavy atom. The third-order valence-corrected chi connectivity index (χ3v) is 4.38. The zero-order valence-corrected chi connectivity index (χ0v) is 18.0. The molecule has 3 aromatic carbocycles. The van der Waals surface area contributed by atoms with Gasteiger partial charge in [0.2, 0.25) is 0 Å². The van der Waals surface area contributed by atoms with Crippen molar-refractivity contribution < 1.29 is 60.2 Å². The van der Waals surface area contributed by atoms with Gasteiger partial charge in [-0.25, -0.2) is 13.2 Å². The van der Waals surface area contributed by atoms with Crippen molar-refractivity contribution in [3.8, 4) is 11.1 Å². The van der Waals surface area contributed by atoms with Gasteiger partial charge in [0.25, 0.3) is 0 Å². The molecular weight excluding hydrogens is 524 g/mol. The first-order valence-corrected chi connectivity index (χ1v) is 9.89. The van der Waals surface area contributed by atoms with Crippen LogP contribution < -0.4 is 0 Å². The summed E-state index contributed by atoms with van der Waals surface area (Å²) in [5.74, 6) is -6.33. The zero-order valence-electron chi connectivity index (χ0n) is 16.2. The van der Waals surface area contributed by atoms with Crippen LogP contribution in [0.25, 0.3) is 11.1 Å². The average molecular weight is 539 g/mol. The standard InChI is InChI=1S/C12H8F.C6H5.C3H2F6O3S.Ni/c13-12-8-6-11(7-9-12)10-4-2-1-3-5-10;1-2-4-6-5-3-1;4-1(5)2(6,7)3(8,9)13(10,11)12;/h1-4,6-9H;1-5H;1H,(H,10,11,12);/q2*-1;;+2. The molecule has 0 aromatic heterocycles. The number of hydrogen-bond acceptors (Lipinski definition) is 2. The molecule has 0 saturated carbocycles. The average Bonchev–Trinajstić information content (AvgIpc) is 2.76. The Bertz CT molecular complexity index is 1010. The third kappa shape index (κ3) is 9.15. The van der Waals surface area contributed by atoms with Gasteiger partial charge in [-0.1, -0.05) is 17.7 Å². The maximum absolute atomic E-state index is 12.6. The van der Waals surface area contributed by atoms with E-state index < -0.39 is 27.7 Å². The van der Waals surface area contributed by atoms with E-state index in [0.717, 1.165) is 11.1 Å². The fourth-order valence-corrected chi connectivity index (χ4v) is 2.28. The SMILES string of the molecule is Fc1ccc(-c2[c-]cccc2)cc1.O=S(=O)(O)C(F)(F)C(F)(F)C(F)F.[Ni+2].[c-]1ccccc1. The minimum Gasteiger partial charge on any atom is -0.281 e. The maximum Gasteiger partial charge on any atom is 2.00 e. The number of halogens is 7. The van der Waals surface area contributed by atoms with Crippen LogP contribution >= 0.6 is 0 Å². The second kappa shape index (κ2) is 13.3. The van der Waals surface area contributed by atoms with E-state index in [2.05, 4.69) is 12.1 Å². The molecule has 0 saturated heterocycles. The maximum atomic E-state index is 12.6. The summed E-state index contributed by atoms with van der Waals surface area (Å²) in [5.41, 5.74) is 1.98. The fraction of sp³-hybridized carbons (Fsp3) is 0.143. The van der Waals surface area contributed by atoms with Crippen LogP contribution in [0.5, 0.6) is 0 Å². The Labute approximate surface area is 195 Å². The van der Waals surface area contributed by atoms with Gasteiger partial charge in [0.05, 0.1) is 0 Å². The number of alkyl halides is 6. The van der Waals surface area contributed by atoms with Crippen LogP contribution in [-0.2, 0) is 26.6 Å². The third-order valence-electron chi connectivity index (χ3n) is 3.46. The molecule has 0 amide bonds. The number of rotatable bonds is 4. The van der Waals surface area contributed by atoms with Gasteiger partial charge in [0.15, 0.2) is 0 Å². The summed E-state index contributed by atoms with van der Waals surface area (Å²) < 4.78 is 109. The van der Waals surface area contributed by atoms with Crippen LogP contribution in [0.4, 0.5) is 30.7 Å². The molecule has 0 heterocycles. The van der Waals surface area contributed by atoms with E-state index in [1.165, 1.54) is 12.1 Å². The molecule has 0 aliphatic carbocycles. The Balaban J connectivity index is 0.000000487. The second-order valence-corrected chi connectivity index (χ2v) is 7.24. The van der Waals surface area contributed by atoms with Gasteiger partial charge in [-0.15, -0.1) is 35.9 Å². The first kappa shape index (κ1) is 30.6. The topological polar surface area (TPSA) is 54.4 Å². The molecule has 0 atom stereocenters. The molecule has 0 aliphatic rings. The molecular formula is C21H15F7NiO3S. The van der Waals surface area contributed by atoms with Crippen molar-refractivity contribution in [1.82, 2.24) is 0 Å². The van der Waals surface area contributed by atoms with Crippen LogP contribution in [0.2, 0.25) is 0 Å². The molecule has 1 N–H and O–H groups in total.